The number of amides is 3. The Kier molecular flexibility index (Phi) is 5.51. The van der Waals surface area contributed by atoms with Crippen LogP contribution in [0.15, 0.2) is 29.2 Å². The largest absolute Gasteiger partial charge is 0.497 e. The van der Waals surface area contributed by atoms with E-state index < -0.39 is 6.03 Å². The Bertz CT molecular complexity index is 437. The number of rotatable bonds is 4. The fourth-order valence-electron chi connectivity index (χ4n) is 1.21. The fraction of sp³-hybridized carbons (Fsp3) is 0.333. The third-order valence-electron chi connectivity index (χ3n) is 2.19. The summed E-state index contributed by atoms with van der Waals surface area (Å²) >= 11 is 1.36. The van der Waals surface area contributed by atoms with Gasteiger partial charge in [-0.25, -0.2) is 4.79 Å². The number of methoxy groups -OCH3 is 1. The standard InChI is InChI=1S/C12H16N2O3S/c1-8(11(15)14-12(16)13-2)18-10-6-4-5-9(7-10)17-3/h4-8H,1-3H3,(H2,13,14,15,16). The third kappa shape index (κ3) is 4.29. The van der Waals surface area contributed by atoms with Crippen molar-refractivity contribution in [1.29, 1.82) is 0 Å². The van der Waals surface area contributed by atoms with Crippen LogP contribution in [-0.4, -0.2) is 31.3 Å². The molecule has 0 aliphatic rings. The summed E-state index contributed by atoms with van der Waals surface area (Å²) in [4.78, 5) is 23.6. The van der Waals surface area contributed by atoms with Crippen LogP contribution >= 0.6 is 11.8 Å². The Morgan fingerprint density at radius 2 is 2.11 bits per heavy atom. The minimum absolute atomic E-state index is 0.331. The van der Waals surface area contributed by atoms with Gasteiger partial charge in [-0.1, -0.05) is 6.07 Å². The first kappa shape index (κ1) is 14.4. The van der Waals surface area contributed by atoms with Crippen LogP contribution in [0.2, 0.25) is 0 Å². The van der Waals surface area contributed by atoms with Crippen LogP contribution in [0.1, 0.15) is 6.92 Å². The lowest BCUT2D eigenvalue weighted by atomic mass is 10.3. The van der Waals surface area contributed by atoms with Crippen LogP contribution in [0.3, 0.4) is 0 Å². The van der Waals surface area contributed by atoms with Crippen molar-refractivity contribution in [2.24, 2.45) is 0 Å². The maximum Gasteiger partial charge on any atom is 0.321 e. The molecule has 0 saturated heterocycles. The predicted molar refractivity (Wildman–Crippen MR) is 70.9 cm³/mol. The lowest BCUT2D eigenvalue weighted by Gasteiger charge is -2.11. The smallest absolute Gasteiger partial charge is 0.321 e. The molecule has 6 heteroatoms. The molecule has 5 nitrogen and oxygen atoms in total. The van der Waals surface area contributed by atoms with Crippen molar-refractivity contribution < 1.29 is 14.3 Å². The molecule has 98 valence electrons. The Labute approximate surface area is 110 Å². The summed E-state index contributed by atoms with van der Waals surface area (Å²) in [6, 6.07) is 6.91. The van der Waals surface area contributed by atoms with Crippen LogP contribution in [0.5, 0.6) is 5.75 Å². The number of urea groups is 1. The van der Waals surface area contributed by atoms with E-state index >= 15 is 0 Å². The molecule has 0 radical (unpaired) electrons. The summed E-state index contributed by atoms with van der Waals surface area (Å²) in [6.07, 6.45) is 0. The van der Waals surface area contributed by atoms with Crippen LogP contribution in [0.25, 0.3) is 0 Å². The van der Waals surface area contributed by atoms with Gasteiger partial charge in [0.15, 0.2) is 0 Å². The van der Waals surface area contributed by atoms with Crippen molar-refractivity contribution in [3.05, 3.63) is 24.3 Å². The van der Waals surface area contributed by atoms with Crippen molar-refractivity contribution in [1.82, 2.24) is 10.6 Å². The molecule has 1 atom stereocenters. The van der Waals surface area contributed by atoms with Crippen LogP contribution in [-0.2, 0) is 4.79 Å². The van der Waals surface area contributed by atoms with Crippen LogP contribution in [0.4, 0.5) is 4.79 Å². The molecule has 0 fully saturated rings. The number of hydrogen-bond acceptors (Lipinski definition) is 4. The predicted octanol–water partition coefficient (Wildman–Crippen LogP) is 1.63. The van der Waals surface area contributed by atoms with Crippen molar-refractivity contribution in [3.63, 3.8) is 0 Å². The maximum absolute atomic E-state index is 11.6. The number of carbonyl (C=O) groups is 2. The van der Waals surface area contributed by atoms with Gasteiger partial charge in [-0.05, 0) is 25.1 Å². The molecule has 1 aromatic rings. The number of carbonyl (C=O) groups excluding carboxylic acids is 2. The lowest BCUT2D eigenvalue weighted by molar-refractivity contribution is -0.119. The summed E-state index contributed by atoms with van der Waals surface area (Å²) in [5.41, 5.74) is 0. The molecule has 1 aromatic carbocycles. The Morgan fingerprint density at radius 3 is 2.72 bits per heavy atom. The monoisotopic (exact) mass is 268 g/mol. The van der Waals surface area contributed by atoms with Gasteiger partial charge >= 0.3 is 6.03 Å². The third-order valence-corrected chi connectivity index (χ3v) is 3.28. The summed E-state index contributed by atoms with van der Waals surface area (Å²) in [6.45, 7) is 1.74. The number of imide groups is 1. The zero-order valence-corrected chi connectivity index (χ0v) is 11.3. The summed E-state index contributed by atoms with van der Waals surface area (Å²) in [5.74, 6) is 0.404. The molecular weight excluding hydrogens is 252 g/mol. The van der Waals surface area contributed by atoms with Crippen molar-refractivity contribution in [2.45, 2.75) is 17.1 Å². The minimum Gasteiger partial charge on any atom is -0.497 e. The first-order valence-corrected chi connectivity index (χ1v) is 6.28. The Balaban J connectivity index is 2.60. The zero-order valence-electron chi connectivity index (χ0n) is 10.5. The van der Waals surface area contributed by atoms with E-state index in [4.69, 9.17) is 4.74 Å². The molecule has 2 N–H and O–H groups in total. The molecular formula is C12H16N2O3S. The zero-order chi connectivity index (χ0) is 13.5. The number of hydrogen-bond donors (Lipinski definition) is 2. The Morgan fingerprint density at radius 1 is 1.39 bits per heavy atom. The van der Waals surface area contributed by atoms with Crippen LogP contribution < -0.4 is 15.4 Å². The van der Waals surface area contributed by atoms with E-state index in [1.807, 2.05) is 24.3 Å². The number of thioether (sulfide) groups is 1. The van der Waals surface area contributed by atoms with Crippen molar-refractivity contribution >= 4 is 23.7 Å². The average Bonchev–Trinajstić information content (AvgIpc) is 2.38. The SMILES string of the molecule is CNC(=O)NC(=O)C(C)Sc1cccc(OC)c1. The summed E-state index contributed by atoms with van der Waals surface area (Å²) in [5, 5.41) is 4.20. The first-order chi connectivity index (χ1) is 8.56. The summed E-state index contributed by atoms with van der Waals surface area (Å²) < 4.78 is 5.10. The molecule has 0 aliphatic carbocycles. The quantitative estimate of drug-likeness (QED) is 0.814. The van der Waals surface area contributed by atoms with E-state index in [-0.39, 0.29) is 11.2 Å². The van der Waals surface area contributed by atoms with Gasteiger partial charge in [-0.15, -0.1) is 11.8 Å². The highest BCUT2D eigenvalue weighted by Crippen LogP contribution is 2.26. The Hall–Kier alpha value is -1.69. The number of benzene rings is 1. The molecule has 18 heavy (non-hydrogen) atoms. The highest BCUT2D eigenvalue weighted by Gasteiger charge is 2.16. The molecule has 0 aliphatic heterocycles. The van der Waals surface area contributed by atoms with Gasteiger partial charge in [-0.2, -0.15) is 0 Å². The highest BCUT2D eigenvalue weighted by molar-refractivity contribution is 8.00. The average molecular weight is 268 g/mol. The molecule has 0 bridgehead atoms. The number of ether oxygens (including phenoxy) is 1. The fourth-order valence-corrected chi connectivity index (χ4v) is 2.12. The second kappa shape index (κ2) is 6.90. The van der Waals surface area contributed by atoms with E-state index in [1.54, 1.807) is 14.0 Å². The lowest BCUT2D eigenvalue weighted by Crippen LogP contribution is -2.41. The highest BCUT2D eigenvalue weighted by atomic mass is 32.2. The molecule has 1 rings (SSSR count). The molecule has 3 amide bonds. The number of nitrogens with one attached hydrogen (secondary N) is 2. The van der Waals surface area contributed by atoms with Gasteiger partial charge in [0, 0.05) is 11.9 Å². The molecule has 1 unspecified atom stereocenters. The molecule has 0 heterocycles. The van der Waals surface area contributed by atoms with E-state index in [0.717, 1.165) is 10.6 Å². The van der Waals surface area contributed by atoms with E-state index in [0.29, 0.717) is 0 Å². The van der Waals surface area contributed by atoms with Gasteiger partial charge in [0.2, 0.25) is 5.91 Å². The molecule has 0 saturated carbocycles. The normalized spacial score (nSPS) is 11.5. The van der Waals surface area contributed by atoms with Gasteiger partial charge in [0.1, 0.15) is 5.75 Å². The maximum atomic E-state index is 11.6. The van der Waals surface area contributed by atoms with E-state index in [1.165, 1.54) is 18.8 Å². The topological polar surface area (TPSA) is 67.4 Å². The van der Waals surface area contributed by atoms with Gasteiger partial charge in [0.05, 0.1) is 12.4 Å². The second-order valence-electron chi connectivity index (χ2n) is 3.51. The van der Waals surface area contributed by atoms with E-state index in [9.17, 15) is 9.59 Å². The molecule has 0 spiro atoms. The summed E-state index contributed by atoms with van der Waals surface area (Å²) in [7, 11) is 3.05. The minimum atomic E-state index is -0.502. The molecule has 0 aromatic heterocycles. The van der Waals surface area contributed by atoms with E-state index in [2.05, 4.69) is 10.6 Å². The van der Waals surface area contributed by atoms with Crippen molar-refractivity contribution in [3.8, 4) is 5.75 Å². The van der Waals surface area contributed by atoms with Gasteiger partial charge in [0.25, 0.3) is 0 Å². The first-order valence-electron chi connectivity index (χ1n) is 5.40. The van der Waals surface area contributed by atoms with Crippen molar-refractivity contribution in [2.75, 3.05) is 14.2 Å². The second-order valence-corrected chi connectivity index (χ2v) is 4.92. The van der Waals surface area contributed by atoms with Gasteiger partial charge < -0.3 is 10.1 Å². The van der Waals surface area contributed by atoms with Gasteiger partial charge in [-0.3, -0.25) is 10.1 Å². The van der Waals surface area contributed by atoms with Crippen LogP contribution in [0, 0.1) is 0 Å².